The van der Waals surface area contributed by atoms with E-state index in [9.17, 15) is 0 Å². The van der Waals surface area contributed by atoms with Crippen LogP contribution in [0.2, 0.25) is 0 Å². The molecule has 4 nitrogen and oxygen atoms in total. The van der Waals surface area contributed by atoms with E-state index in [2.05, 4.69) is 190 Å². The van der Waals surface area contributed by atoms with Gasteiger partial charge in [0.15, 0.2) is 0 Å². The summed E-state index contributed by atoms with van der Waals surface area (Å²) in [5.74, 6) is 3.88. The number of fused-ring (bicyclic) bond motifs is 27. The van der Waals surface area contributed by atoms with Crippen molar-refractivity contribution in [2.75, 3.05) is 5.01 Å². The minimum Gasteiger partial charge on any atom is -0.440 e. The number of hydrogen-bond donors (Lipinski definition) is 0. The first-order chi connectivity index (χ1) is 37.7. The van der Waals surface area contributed by atoms with Crippen molar-refractivity contribution < 1.29 is 4.42 Å². The minimum atomic E-state index is -0.700. The van der Waals surface area contributed by atoms with Crippen LogP contribution in [0.4, 0.5) is 11.4 Å². The Kier molecular flexibility index (Phi) is 7.87. The minimum absolute atomic E-state index is 0.0571. The van der Waals surface area contributed by atoms with Crippen LogP contribution in [0.5, 0.6) is 0 Å². The van der Waals surface area contributed by atoms with E-state index < -0.39 is 10.8 Å². The number of hydrogen-bond acceptors (Lipinski definition) is 4. The molecule has 8 aromatic carbocycles. The molecule has 2 fully saturated rings. The van der Waals surface area contributed by atoms with Gasteiger partial charge < -0.3 is 4.42 Å². The van der Waals surface area contributed by atoms with Gasteiger partial charge in [0, 0.05) is 5.56 Å². The maximum atomic E-state index is 7.91. The molecule has 12 aliphatic rings. The van der Waals surface area contributed by atoms with Crippen molar-refractivity contribution in [2.45, 2.75) is 126 Å². The predicted octanol–water partition coefficient (Wildman–Crippen LogP) is 13.7. The maximum Gasteiger partial charge on any atom is 0.328 e. The topological polar surface area (TPSA) is 32.5 Å². The van der Waals surface area contributed by atoms with E-state index in [1.54, 1.807) is 27.7 Å². The molecule has 0 atom stereocenters. The first-order valence-corrected chi connectivity index (χ1v) is 29.3. The van der Waals surface area contributed by atoms with Crippen molar-refractivity contribution in [3.8, 4) is 33.7 Å². The molecule has 0 radical (unpaired) electrons. The lowest BCUT2D eigenvalue weighted by Crippen LogP contribution is -2.70. The molecule has 1 aromatic heterocycles. The van der Waals surface area contributed by atoms with Gasteiger partial charge >= 0.3 is 13.7 Å². The van der Waals surface area contributed by atoms with E-state index >= 15 is 0 Å². The smallest absolute Gasteiger partial charge is 0.328 e. The number of nitrogens with zero attached hydrogens (tertiary/aromatic N) is 3. The lowest BCUT2D eigenvalue weighted by atomic mass is 9.33. The van der Waals surface area contributed by atoms with E-state index in [-0.39, 0.29) is 19.1 Å². The van der Waals surface area contributed by atoms with Crippen LogP contribution in [0.1, 0.15) is 179 Å². The lowest BCUT2D eigenvalue weighted by molar-refractivity contribution is 0.356. The van der Waals surface area contributed by atoms with Crippen LogP contribution in [-0.4, -0.2) is 23.5 Å². The monoisotopic (exact) mass is 991 g/mol. The van der Waals surface area contributed by atoms with Crippen LogP contribution in [-0.2, 0) is 16.2 Å². The third-order valence-electron chi connectivity index (χ3n) is 22.0. The molecule has 9 aromatic rings. The molecule has 21 rings (SSSR count). The second-order valence-corrected chi connectivity index (χ2v) is 26.2. The van der Waals surface area contributed by atoms with Gasteiger partial charge in [-0.25, -0.2) is 4.98 Å². The molecule has 2 saturated carbocycles. The number of anilines is 2. The summed E-state index contributed by atoms with van der Waals surface area (Å²) in [4.78, 5) is 9.06. The predicted molar refractivity (Wildman–Crippen MR) is 313 cm³/mol. The van der Waals surface area contributed by atoms with Crippen molar-refractivity contribution in [3.05, 3.63) is 229 Å². The fourth-order valence-corrected chi connectivity index (χ4v) is 19.0. The van der Waals surface area contributed by atoms with Gasteiger partial charge in [-0.05, 0) is 205 Å². The van der Waals surface area contributed by atoms with E-state index in [0.717, 1.165) is 22.8 Å². The molecule has 0 unspecified atom stereocenters. The zero-order valence-corrected chi connectivity index (χ0v) is 44.7. The molecule has 6 heteroatoms. The van der Waals surface area contributed by atoms with Crippen LogP contribution in [0, 0.1) is 13.8 Å². The van der Waals surface area contributed by atoms with Gasteiger partial charge in [-0.3, -0.25) is 9.84 Å². The molecule has 4 bridgehead atoms. The maximum absolute atomic E-state index is 7.91. The molecular weight excluding hydrogens is 932 g/mol. The van der Waals surface area contributed by atoms with Crippen molar-refractivity contribution in [1.29, 1.82) is 0 Å². The average Bonchev–Trinajstić information content (AvgIpc) is 3.23. The number of benzene rings is 8. The van der Waals surface area contributed by atoms with Crippen molar-refractivity contribution in [2.24, 2.45) is 0 Å². The van der Waals surface area contributed by atoms with Gasteiger partial charge in [-0.1, -0.05) is 172 Å². The third kappa shape index (κ3) is 4.78. The van der Waals surface area contributed by atoms with Gasteiger partial charge in [0.05, 0.1) is 22.4 Å². The first kappa shape index (κ1) is 42.9. The molecule has 77 heavy (non-hydrogen) atoms. The van der Waals surface area contributed by atoms with Gasteiger partial charge in [0.1, 0.15) is 11.2 Å². The highest BCUT2D eigenvalue weighted by Crippen LogP contribution is 2.66. The zero-order chi connectivity index (χ0) is 50.7. The van der Waals surface area contributed by atoms with E-state index in [1.807, 2.05) is 0 Å². The molecule has 0 amide bonds. The molecular formula is C71H59B2N3O. The summed E-state index contributed by atoms with van der Waals surface area (Å²) < 4.78 is 7.91. The Hall–Kier alpha value is -7.14. The Morgan fingerprint density at radius 3 is 1.48 bits per heavy atom. The fourth-order valence-electron chi connectivity index (χ4n) is 19.0. The Balaban J connectivity index is 1.01. The summed E-state index contributed by atoms with van der Waals surface area (Å²) >= 11 is 0. The van der Waals surface area contributed by atoms with Crippen molar-refractivity contribution in [3.63, 3.8) is 0 Å². The van der Waals surface area contributed by atoms with Crippen LogP contribution >= 0.6 is 0 Å². The Bertz CT molecular complexity index is 4100. The van der Waals surface area contributed by atoms with Crippen LogP contribution in [0.3, 0.4) is 0 Å². The standard InChI is InChI=1S/C71H59B2N3O/c1-38-15-14-16-39(2)59(38)68-74-67-66(77-68)71(53-23-12-8-19-47(53)48-20-9-13-24-54(48)71)57-37-50-41-27-31-43(32-28-41)61(50)65-63(57)73(67)76-72-58-34-33-44(69(3,4)5)35-55(58)70(51-21-10-6-17-45(51)46-18-7-11-22-52(46)70)56-36-49-40-25-29-42(30-26-40)60(49)64(62(56)72)75(65)76/h6-24,33-37,40-43H,25-32H2,1-5H3. The Morgan fingerprint density at radius 2 is 0.961 bits per heavy atom. The quantitative estimate of drug-likeness (QED) is 0.153. The van der Waals surface area contributed by atoms with E-state index in [1.165, 1.54) is 152 Å². The molecule has 4 aliphatic heterocycles. The van der Waals surface area contributed by atoms with Crippen molar-refractivity contribution >= 4 is 47.1 Å². The summed E-state index contributed by atoms with van der Waals surface area (Å²) in [6.07, 6.45) is 10.2. The summed E-state index contributed by atoms with van der Waals surface area (Å²) in [5.41, 5.74) is 34.0. The fraction of sp³-hybridized carbons (Fsp3) is 0.282. The summed E-state index contributed by atoms with van der Waals surface area (Å²) in [6.45, 7) is 11.4. The Labute approximate surface area is 452 Å². The number of aromatic nitrogens is 1. The summed E-state index contributed by atoms with van der Waals surface area (Å²) in [5, 5.41) is 2.97. The van der Waals surface area contributed by atoms with Crippen LogP contribution in [0.15, 0.2) is 150 Å². The lowest BCUT2D eigenvalue weighted by Gasteiger charge is -2.46. The van der Waals surface area contributed by atoms with Gasteiger partial charge in [-0.2, -0.15) is 0 Å². The van der Waals surface area contributed by atoms with E-state index in [0.29, 0.717) is 23.7 Å². The summed E-state index contributed by atoms with van der Waals surface area (Å²) in [6, 6.07) is 57.8. The first-order valence-electron chi connectivity index (χ1n) is 29.3. The average molecular weight is 992 g/mol. The molecule has 370 valence electrons. The molecule has 5 heterocycles. The zero-order valence-electron chi connectivity index (χ0n) is 44.7. The van der Waals surface area contributed by atoms with E-state index in [4.69, 9.17) is 9.40 Å². The molecule has 0 N–H and O–H groups in total. The Morgan fingerprint density at radius 1 is 0.494 bits per heavy atom. The van der Waals surface area contributed by atoms with Gasteiger partial charge in [-0.15, -0.1) is 0 Å². The number of hydrazine groups is 1. The van der Waals surface area contributed by atoms with Gasteiger partial charge in [0.2, 0.25) is 5.89 Å². The second-order valence-electron chi connectivity index (χ2n) is 26.2. The normalized spacial score (nSPS) is 22.5. The third-order valence-corrected chi connectivity index (χ3v) is 22.0. The molecule has 2 spiro atoms. The molecule has 8 aliphatic carbocycles. The number of aryl methyl sites for hydroxylation is 2. The van der Waals surface area contributed by atoms with Crippen LogP contribution < -0.4 is 27.0 Å². The van der Waals surface area contributed by atoms with Crippen LogP contribution in [0.25, 0.3) is 33.7 Å². The highest BCUT2D eigenvalue weighted by molar-refractivity contribution is 7.01. The SMILES string of the molecule is Cc1cccc(C)c1-c1nc2c(o1)C1(c3ccccc3-c3ccccc31)c1cc3c(c4c1B2N1B2c5ccc(C(C)(C)C)cc5C5(c6ccccc6-c6ccccc65)c5cc6c(c(c52)N41)C1CCC6CC1)C1CCC3CC1. The highest BCUT2D eigenvalue weighted by atomic mass is 16.4. The van der Waals surface area contributed by atoms with Gasteiger partial charge in [0.25, 0.3) is 0 Å². The summed E-state index contributed by atoms with van der Waals surface area (Å²) in [7, 11) is 0. The largest absolute Gasteiger partial charge is 0.440 e. The molecule has 0 saturated heterocycles. The highest BCUT2D eigenvalue weighted by Gasteiger charge is 2.68. The number of oxazole rings is 1. The second kappa shape index (κ2) is 14.1. The number of rotatable bonds is 1. The van der Waals surface area contributed by atoms with Crippen molar-refractivity contribution in [1.82, 2.24) is 9.81 Å².